The molecule has 0 saturated heterocycles. The molecule has 1 unspecified atom stereocenters. The predicted molar refractivity (Wildman–Crippen MR) is 442 cm³/mol. The molecule has 0 heterocycles. The van der Waals surface area contributed by atoms with Crippen molar-refractivity contribution in [1.82, 2.24) is 0 Å². The Morgan fingerprint density at radius 3 is 0.981 bits per heavy atom. The van der Waals surface area contributed by atoms with Crippen LogP contribution in [-0.4, -0.2) is 0 Å². The molecule has 0 amide bonds. The van der Waals surface area contributed by atoms with Gasteiger partial charge < -0.3 is 9.80 Å². The maximum absolute atomic E-state index is 15.1. The minimum absolute atomic E-state index is 0.226. The molecule has 0 fully saturated rings. The van der Waals surface area contributed by atoms with E-state index in [-0.39, 0.29) is 16.6 Å². The summed E-state index contributed by atoms with van der Waals surface area (Å²) in [6, 6.07) is 141. The molecule has 0 aromatic heterocycles. The van der Waals surface area contributed by atoms with E-state index in [1.807, 2.05) is 12.1 Å². The van der Waals surface area contributed by atoms with Gasteiger partial charge in [-0.3, -0.25) is 0 Å². The zero-order valence-electron chi connectivity index (χ0n) is 60.1. The molecule has 0 aliphatic heterocycles. The maximum atomic E-state index is 15.1. The summed E-state index contributed by atoms with van der Waals surface area (Å²) in [5.41, 5.74) is 36.0. The Hall–Kier alpha value is -13.0. The van der Waals surface area contributed by atoms with E-state index in [0.717, 1.165) is 73.1 Å². The number of fused-ring (bicyclic) bond motifs is 12. The Kier molecular flexibility index (Phi) is 14.6. The lowest BCUT2D eigenvalue weighted by Gasteiger charge is -2.35. The van der Waals surface area contributed by atoms with E-state index in [9.17, 15) is 0 Å². The number of hydrogen-bond acceptors (Lipinski definition) is 2. The molecular formula is C104H75FN2. The van der Waals surface area contributed by atoms with Crippen LogP contribution in [0.15, 0.2) is 382 Å². The molecule has 1 atom stereocenters. The molecule has 20 rings (SSSR count). The van der Waals surface area contributed by atoms with E-state index in [2.05, 4.69) is 395 Å². The summed E-state index contributed by atoms with van der Waals surface area (Å²) in [6.45, 7) is 9.42. The molecule has 107 heavy (non-hydrogen) atoms. The summed E-state index contributed by atoms with van der Waals surface area (Å²) >= 11 is 0. The first-order valence-corrected chi connectivity index (χ1v) is 37.4. The van der Waals surface area contributed by atoms with Gasteiger partial charge in [-0.15, -0.1) is 0 Å². The first-order chi connectivity index (χ1) is 52.5. The number of rotatable bonds is 13. The SMILES string of the molecule is CC1(C)c2ccccc2-c2ccc(N(c3ccc(F)cc3)c3ccc4c(c3)C(c3ccccc3)(c3cccc(-c5cccc(-c6ccc(N(c7ccc8c(c7)C(C)(C)c7ccccc7-8)c7ccc8c(c7)C(c7ccccc7)(c7ccccc7)c7ccccc7-8)c(-c7ccccc7)c6)c5)c3)c3ccccc3-4)cc21. The normalized spacial score (nSPS) is 15.2. The van der Waals surface area contributed by atoms with Gasteiger partial charge in [0.25, 0.3) is 0 Å². The smallest absolute Gasteiger partial charge is 0.123 e. The van der Waals surface area contributed by atoms with Crippen LogP contribution in [0.3, 0.4) is 0 Å². The molecule has 2 nitrogen and oxygen atoms in total. The van der Waals surface area contributed by atoms with Crippen LogP contribution in [0.25, 0.3) is 77.9 Å². The van der Waals surface area contributed by atoms with Crippen LogP contribution in [0, 0.1) is 5.82 Å². The van der Waals surface area contributed by atoms with Gasteiger partial charge in [0.2, 0.25) is 0 Å². The third kappa shape index (κ3) is 9.70. The largest absolute Gasteiger partial charge is 0.310 e. The van der Waals surface area contributed by atoms with E-state index in [1.165, 1.54) is 106 Å². The Morgan fingerprint density at radius 2 is 0.514 bits per heavy atom. The molecule has 4 aliphatic rings. The quantitative estimate of drug-likeness (QED) is 0.114. The highest BCUT2D eigenvalue weighted by molar-refractivity contribution is 5.97. The van der Waals surface area contributed by atoms with Crippen molar-refractivity contribution in [2.24, 2.45) is 0 Å². The molecule has 0 saturated carbocycles. The van der Waals surface area contributed by atoms with Crippen molar-refractivity contribution in [3.63, 3.8) is 0 Å². The van der Waals surface area contributed by atoms with Crippen LogP contribution in [-0.2, 0) is 21.7 Å². The maximum Gasteiger partial charge on any atom is 0.123 e. The van der Waals surface area contributed by atoms with Gasteiger partial charge in [-0.2, -0.15) is 0 Å². The lowest BCUT2D eigenvalue weighted by atomic mass is 9.67. The minimum Gasteiger partial charge on any atom is -0.310 e. The molecule has 0 bridgehead atoms. The molecule has 4 aliphatic carbocycles. The van der Waals surface area contributed by atoms with Gasteiger partial charge in [-0.05, 0) is 236 Å². The first-order valence-electron chi connectivity index (χ1n) is 37.4. The Morgan fingerprint density at radius 1 is 0.196 bits per heavy atom. The second-order valence-electron chi connectivity index (χ2n) is 30.4. The highest BCUT2D eigenvalue weighted by atomic mass is 19.1. The average Bonchev–Trinajstić information content (AvgIpc) is 1.55. The summed E-state index contributed by atoms with van der Waals surface area (Å²) in [4.78, 5) is 4.85. The van der Waals surface area contributed by atoms with Crippen LogP contribution in [0.1, 0.15) is 94.5 Å². The summed E-state index contributed by atoms with van der Waals surface area (Å²) in [7, 11) is 0. The number of nitrogens with zero attached hydrogens (tertiary/aromatic N) is 2. The fourth-order valence-corrected chi connectivity index (χ4v) is 19.2. The summed E-state index contributed by atoms with van der Waals surface area (Å²) < 4.78 is 15.1. The van der Waals surface area contributed by atoms with Crippen LogP contribution in [0.2, 0.25) is 0 Å². The van der Waals surface area contributed by atoms with E-state index >= 15 is 4.39 Å². The third-order valence-corrected chi connectivity index (χ3v) is 24.1. The zero-order chi connectivity index (χ0) is 71.8. The number of benzene rings is 16. The minimum atomic E-state index is -0.745. The van der Waals surface area contributed by atoms with E-state index in [1.54, 1.807) is 12.1 Å². The van der Waals surface area contributed by atoms with Gasteiger partial charge in [-0.1, -0.05) is 313 Å². The van der Waals surface area contributed by atoms with E-state index in [4.69, 9.17) is 0 Å². The zero-order valence-corrected chi connectivity index (χ0v) is 60.1. The highest BCUT2D eigenvalue weighted by Crippen LogP contribution is 2.61. The summed E-state index contributed by atoms with van der Waals surface area (Å²) in [5, 5.41) is 0. The van der Waals surface area contributed by atoms with Crippen LogP contribution >= 0.6 is 0 Å². The summed E-state index contributed by atoms with van der Waals surface area (Å²) in [6.07, 6.45) is 0. The fourth-order valence-electron chi connectivity index (χ4n) is 19.2. The van der Waals surface area contributed by atoms with Gasteiger partial charge in [0.1, 0.15) is 5.82 Å². The Balaban J connectivity index is 0.740. The average molecular weight is 1370 g/mol. The standard InChI is InChI=1S/C104H75FN2/c1-101(2)92-43-21-17-39-83(92)87-56-52-79(64-96(87)101)106(78-50-48-77(105)49-51-78)80-53-58-90-86-42-20-24-46-95(86)104(99(90)66-80,75-36-15-8-16-37-75)76-38-26-31-71(62-76)69-29-25-30-70(61-69)72-47-60-100(91(63-72)68-27-9-5-10-28-68)107(81-54-57-88-84-40-18-22-44-93(84)102(3,4)97(88)65-81)82-55-59-89-85-41-19-23-45-94(85)103(98(89)67-82,73-32-11-6-12-33-73)74-34-13-7-14-35-74/h5-67H,1-4H3. The van der Waals surface area contributed by atoms with Crippen molar-refractivity contribution >= 4 is 34.1 Å². The number of anilines is 6. The number of halogens is 1. The number of hydrogen-bond donors (Lipinski definition) is 0. The molecular weight excluding hydrogens is 1300 g/mol. The first kappa shape index (κ1) is 63.7. The van der Waals surface area contributed by atoms with Gasteiger partial charge in [-0.25, -0.2) is 4.39 Å². The van der Waals surface area contributed by atoms with E-state index in [0.29, 0.717) is 0 Å². The Bertz CT molecular complexity index is 6170. The Labute approximate surface area is 626 Å². The van der Waals surface area contributed by atoms with Crippen molar-refractivity contribution in [2.45, 2.75) is 49.4 Å². The van der Waals surface area contributed by atoms with E-state index < -0.39 is 10.8 Å². The van der Waals surface area contributed by atoms with Crippen LogP contribution < -0.4 is 9.80 Å². The molecule has 0 N–H and O–H groups in total. The summed E-state index contributed by atoms with van der Waals surface area (Å²) in [5.74, 6) is -0.273. The van der Waals surface area contributed by atoms with Crippen molar-refractivity contribution in [1.29, 1.82) is 0 Å². The lowest BCUT2D eigenvalue weighted by Crippen LogP contribution is -2.29. The molecule has 0 spiro atoms. The lowest BCUT2D eigenvalue weighted by molar-refractivity contribution is 0.628. The second kappa shape index (κ2) is 24.6. The van der Waals surface area contributed by atoms with Gasteiger partial charge in [0, 0.05) is 44.8 Å². The predicted octanol–water partition coefficient (Wildman–Crippen LogP) is 27.1. The third-order valence-electron chi connectivity index (χ3n) is 24.1. The molecule has 0 radical (unpaired) electrons. The monoisotopic (exact) mass is 1370 g/mol. The highest BCUT2D eigenvalue weighted by Gasteiger charge is 2.49. The van der Waals surface area contributed by atoms with Crippen molar-refractivity contribution in [3.8, 4) is 77.9 Å². The molecule has 16 aromatic carbocycles. The molecule has 16 aromatic rings. The van der Waals surface area contributed by atoms with Crippen molar-refractivity contribution in [3.05, 3.63) is 455 Å². The molecule has 3 heteroatoms. The second-order valence-corrected chi connectivity index (χ2v) is 30.4. The topological polar surface area (TPSA) is 6.48 Å². The van der Waals surface area contributed by atoms with Crippen LogP contribution in [0.4, 0.5) is 38.5 Å². The van der Waals surface area contributed by atoms with Gasteiger partial charge >= 0.3 is 0 Å². The van der Waals surface area contributed by atoms with Crippen molar-refractivity contribution < 1.29 is 4.39 Å². The van der Waals surface area contributed by atoms with Crippen LogP contribution in [0.5, 0.6) is 0 Å². The fraction of sp³-hybridized carbons (Fsp3) is 0.0769. The molecule has 508 valence electrons. The van der Waals surface area contributed by atoms with Gasteiger partial charge in [0.05, 0.1) is 16.5 Å². The van der Waals surface area contributed by atoms with Gasteiger partial charge in [0.15, 0.2) is 0 Å². The van der Waals surface area contributed by atoms with Crippen molar-refractivity contribution in [2.75, 3.05) is 9.80 Å².